The number of ketones is 1. The molecule has 0 saturated carbocycles. The lowest BCUT2D eigenvalue weighted by molar-refractivity contribution is -0.132. The molecule has 0 aliphatic carbocycles. The van der Waals surface area contributed by atoms with Gasteiger partial charge in [-0.2, -0.15) is 0 Å². The topological polar surface area (TPSA) is 65.1 Å². The van der Waals surface area contributed by atoms with E-state index in [1.54, 1.807) is 24.3 Å². The summed E-state index contributed by atoms with van der Waals surface area (Å²) in [6.45, 7) is 6.51. The van der Waals surface area contributed by atoms with Gasteiger partial charge >= 0.3 is 0 Å². The molecule has 6 nitrogen and oxygen atoms in total. The fourth-order valence-corrected chi connectivity index (χ4v) is 3.70. The highest BCUT2D eigenvalue weighted by atomic mass is 16.5. The first kappa shape index (κ1) is 23.6. The van der Waals surface area contributed by atoms with Crippen LogP contribution in [0, 0.1) is 0 Å². The van der Waals surface area contributed by atoms with Crippen molar-refractivity contribution in [1.29, 1.82) is 0 Å². The van der Waals surface area contributed by atoms with Crippen molar-refractivity contribution in [1.82, 2.24) is 4.90 Å². The molecule has 0 unspecified atom stereocenters. The van der Waals surface area contributed by atoms with E-state index in [9.17, 15) is 9.59 Å². The van der Waals surface area contributed by atoms with E-state index in [0.29, 0.717) is 31.9 Å². The molecule has 1 aliphatic heterocycles. The Labute approximate surface area is 190 Å². The maximum absolute atomic E-state index is 12.6. The second kappa shape index (κ2) is 12.1. The lowest BCUT2D eigenvalue weighted by Gasteiger charge is -2.32. The first-order chi connectivity index (χ1) is 15.6. The number of Topliss-reactive ketones (excluding diaryl/α,β-unsaturated/α-hetero) is 1. The number of piperidine rings is 1. The minimum atomic E-state index is -0.0221. The van der Waals surface area contributed by atoms with Crippen LogP contribution in [-0.4, -0.2) is 49.0 Å². The van der Waals surface area contributed by atoms with Crippen LogP contribution in [0.25, 0.3) is 0 Å². The first-order valence-corrected chi connectivity index (χ1v) is 11.5. The van der Waals surface area contributed by atoms with Crippen LogP contribution >= 0.6 is 0 Å². The summed E-state index contributed by atoms with van der Waals surface area (Å²) in [5.74, 6) is 2.25. The highest BCUT2D eigenvalue weighted by Crippen LogP contribution is 2.29. The Balaban J connectivity index is 1.42. The molecule has 0 bridgehead atoms. The Hall–Kier alpha value is -3.02. The number of benzene rings is 2. The summed E-state index contributed by atoms with van der Waals surface area (Å²) in [7, 11) is 0. The predicted molar refractivity (Wildman–Crippen MR) is 124 cm³/mol. The minimum absolute atomic E-state index is 0.0221. The van der Waals surface area contributed by atoms with E-state index in [-0.39, 0.29) is 30.6 Å². The number of hydrogen-bond acceptors (Lipinski definition) is 5. The van der Waals surface area contributed by atoms with E-state index in [1.165, 1.54) is 0 Å². The van der Waals surface area contributed by atoms with Crippen LogP contribution in [0.4, 0.5) is 0 Å². The van der Waals surface area contributed by atoms with Crippen molar-refractivity contribution in [2.45, 2.75) is 52.1 Å². The molecule has 0 radical (unpaired) electrons. The van der Waals surface area contributed by atoms with Crippen LogP contribution in [0.2, 0.25) is 0 Å². The van der Waals surface area contributed by atoms with Crippen LogP contribution in [0.5, 0.6) is 17.2 Å². The standard InChI is InChI=1S/C26H33NO5/c1-3-19-31-21-11-9-20(10-12-21)23(28)13-14-26(29)27-17-15-22(16-18-27)32-25-8-6-5-7-24(25)30-4-2/h5-12,22H,3-4,13-19H2,1-2H3. The van der Waals surface area contributed by atoms with Gasteiger partial charge in [0.05, 0.1) is 13.2 Å². The van der Waals surface area contributed by atoms with Gasteiger partial charge in [0.1, 0.15) is 11.9 Å². The van der Waals surface area contributed by atoms with Crippen LogP contribution in [-0.2, 0) is 4.79 Å². The summed E-state index contributed by atoms with van der Waals surface area (Å²) in [5.41, 5.74) is 0.613. The number of amides is 1. The van der Waals surface area contributed by atoms with E-state index in [4.69, 9.17) is 14.2 Å². The van der Waals surface area contributed by atoms with E-state index >= 15 is 0 Å². The smallest absolute Gasteiger partial charge is 0.223 e. The minimum Gasteiger partial charge on any atom is -0.494 e. The Bertz CT molecular complexity index is 872. The van der Waals surface area contributed by atoms with Crippen molar-refractivity contribution in [2.24, 2.45) is 0 Å². The van der Waals surface area contributed by atoms with Crippen LogP contribution in [0.15, 0.2) is 48.5 Å². The molecular formula is C26H33NO5. The van der Waals surface area contributed by atoms with Gasteiger partial charge in [0.25, 0.3) is 0 Å². The molecular weight excluding hydrogens is 406 g/mol. The van der Waals surface area contributed by atoms with Gasteiger partial charge in [-0.1, -0.05) is 19.1 Å². The zero-order valence-corrected chi connectivity index (χ0v) is 19.0. The zero-order chi connectivity index (χ0) is 22.8. The van der Waals surface area contributed by atoms with Crippen molar-refractivity contribution >= 4 is 11.7 Å². The highest BCUT2D eigenvalue weighted by Gasteiger charge is 2.25. The number of nitrogens with zero attached hydrogens (tertiary/aromatic N) is 1. The van der Waals surface area contributed by atoms with Crippen LogP contribution < -0.4 is 14.2 Å². The average molecular weight is 440 g/mol. The van der Waals surface area contributed by atoms with E-state index < -0.39 is 0 Å². The molecule has 2 aromatic carbocycles. The number of carbonyl (C=O) groups excluding carboxylic acids is 2. The lowest BCUT2D eigenvalue weighted by Crippen LogP contribution is -2.41. The Morgan fingerprint density at radius 3 is 2.25 bits per heavy atom. The number of hydrogen-bond donors (Lipinski definition) is 0. The van der Waals surface area contributed by atoms with E-state index in [2.05, 4.69) is 0 Å². The van der Waals surface area contributed by atoms with Gasteiger partial charge in [0, 0.05) is 44.3 Å². The number of ether oxygens (including phenoxy) is 3. The molecule has 32 heavy (non-hydrogen) atoms. The predicted octanol–water partition coefficient (Wildman–Crippen LogP) is 4.91. The lowest BCUT2D eigenvalue weighted by atomic mass is 10.0. The van der Waals surface area contributed by atoms with Gasteiger partial charge in [-0.3, -0.25) is 9.59 Å². The number of rotatable bonds is 11. The largest absolute Gasteiger partial charge is 0.494 e. The molecule has 1 saturated heterocycles. The molecule has 1 aliphatic rings. The fourth-order valence-electron chi connectivity index (χ4n) is 3.70. The summed E-state index contributed by atoms with van der Waals surface area (Å²) >= 11 is 0. The van der Waals surface area contributed by atoms with Crippen molar-refractivity contribution in [3.05, 3.63) is 54.1 Å². The molecule has 0 atom stereocenters. The van der Waals surface area contributed by atoms with Crippen molar-refractivity contribution in [3.63, 3.8) is 0 Å². The molecule has 6 heteroatoms. The maximum atomic E-state index is 12.6. The molecule has 2 aromatic rings. The molecule has 172 valence electrons. The molecule has 3 rings (SSSR count). The highest BCUT2D eigenvalue weighted by molar-refractivity contribution is 5.98. The van der Waals surface area contributed by atoms with E-state index in [0.717, 1.165) is 36.5 Å². The third-order valence-electron chi connectivity index (χ3n) is 5.45. The molecule has 1 fully saturated rings. The summed E-state index contributed by atoms with van der Waals surface area (Å²) < 4.78 is 17.3. The second-order valence-electron chi connectivity index (χ2n) is 7.87. The van der Waals surface area contributed by atoms with Crippen molar-refractivity contribution in [2.75, 3.05) is 26.3 Å². The summed E-state index contributed by atoms with van der Waals surface area (Å²) in [6, 6.07) is 14.8. The number of para-hydroxylation sites is 2. The van der Waals surface area contributed by atoms with Gasteiger partial charge in [0.15, 0.2) is 17.3 Å². The Morgan fingerprint density at radius 1 is 0.906 bits per heavy atom. The van der Waals surface area contributed by atoms with Gasteiger partial charge in [-0.25, -0.2) is 0 Å². The van der Waals surface area contributed by atoms with Gasteiger partial charge in [0.2, 0.25) is 5.91 Å². The molecule has 0 aromatic heterocycles. The fraction of sp³-hybridized carbons (Fsp3) is 0.462. The third kappa shape index (κ3) is 6.74. The third-order valence-corrected chi connectivity index (χ3v) is 5.45. The quantitative estimate of drug-likeness (QED) is 0.466. The summed E-state index contributed by atoms with van der Waals surface area (Å²) in [6.07, 6.45) is 2.96. The summed E-state index contributed by atoms with van der Waals surface area (Å²) in [5, 5.41) is 0. The van der Waals surface area contributed by atoms with Crippen molar-refractivity contribution < 1.29 is 23.8 Å². The normalized spacial score (nSPS) is 14.1. The molecule has 1 heterocycles. The monoisotopic (exact) mass is 439 g/mol. The van der Waals surface area contributed by atoms with Crippen LogP contribution in [0.1, 0.15) is 56.3 Å². The van der Waals surface area contributed by atoms with Gasteiger partial charge in [-0.05, 0) is 49.7 Å². The maximum Gasteiger partial charge on any atom is 0.223 e. The van der Waals surface area contributed by atoms with Crippen molar-refractivity contribution in [3.8, 4) is 17.2 Å². The van der Waals surface area contributed by atoms with Gasteiger partial charge in [-0.15, -0.1) is 0 Å². The molecule has 1 amide bonds. The first-order valence-electron chi connectivity index (χ1n) is 11.5. The Kier molecular flexibility index (Phi) is 8.96. The summed E-state index contributed by atoms with van der Waals surface area (Å²) in [4.78, 5) is 26.9. The second-order valence-corrected chi connectivity index (χ2v) is 7.87. The van der Waals surface area contributed by atoms with Gasteiger partial charge < -0.3 is 19.1 Å². The Morgan fingerprint density at radius 2 is 1.59 bits per heavy atom. The average Bonchev–Trinajstić information content (AvgIpc) is 2.83. The molecule has 0 spiro atoms. The van der Waals surface area contributed by atoms with Crippen LogP contribution in [0.3, 0.4) is 0 Å². The SMILES string of the molecule is CCCOc1ccc(C(=O)CCC(=O)N2CCC(Oc3ccccc3OCC)CC2)cc1. The molecule has 0 N–H and O–H groups in total. The van der Waals surface area contributed by atoms with E-state index in [1.807, 2.05) is 43.0 Å². The number of carbonyl (C=O) groups is 2. The zero-order valence-electron chi connectivity index (χ0n) is 19.0. The number of likely N-dealkylation sites (tertiary alicyclic amines) is 1.